The molecule has 1 aliphatic heterocycles. The summed E-state index contributed by atoms with van der Waals surface area (Å²) in [7, 11) is 0. The summed E-state index contributed by atoms with van der Waals surface area (Å²) in [5.74, 6) is 1.98. The Morgan fingerprint density at radius 1 is 1.00 bits per heavy atom. The molecule has 7 nitrogen and oxygen atoms in total. The third-order valence-electron chi connectivity index (χ3n) is 6.33. The van der Waals surface area contributed by atoms with Crippen LogP contribution in [0.25, 0.3) is 5.69 Å². The van der Waals surface area contributed by atoms with Crippen molar-refractivity contribution < 1.29 is 9.53 Å². The fraction of sp³-hybridized carbons (Fsp3) is 0.385. The Kier molecular flexibility index (Phi) is 7.13. The average molecular weight is 480 g/mol. The van der Waals surface area contributed by atoms with Gasteiger partial charge in [0, 0.05) is 44.7 Å². The number of benzene rings is 2. The van der Waals surface area contributed by atoms with E-state index in [1.165, 1.54) is 12.8 Å². The Bertz CT molecular complexity index is 1110. The lowest BCUT2D eigenvalue weighted by Gasteiger charge is -2.34. The molecule has 3 aromatic rings. The molecule has 5 rings (SSSR count). The van der Waals surface area contributed by atoms with Crippen molar-refractivity contribution in [2.45, 2.75) is 18.8 Å². The molecule has 2 heterocycles. The molecule has 1 N–H and O–H groups in total. The number of amides is 1. The van der Waals surface area contributed by atoms with Crippen molar-refractivity contribution in [3.8, 4) is 11.4 Å². The van der Waals surface area contributed by atoms with Gasteiger partial charge in [0.05, 0.1) is 22.9 Å². The minimum Gasteiger partial charge on any atom is -0.491 e. The van der Waals surface area contributed by atoms with Gasteiger partial charge in [-0.1, -0.05) is 41.9 Å². The minimum absolute atomic E-state index is 0.00469. The standard InChI is InChI=1S/C26H30ClN5O2/c27-22-8-4-5-9-24(22)34-17-16-30-12-14-31(15-13-30)19-26(33)28-25-18-23(20-10-11-20)29-32(25)21-6-2-1-3-7-21/h1-9,18,20H,10-17,19H2,(H,28,33). The summed E-state index contributed by atoms with van der Waals surface area (Å²) in [5.41, 5.74) is 2.02. The third kappa shape index (κ3) is 5.78. The van der Waals surface area contributed by atoms with Crippen molar-refractivity contribution in [3.63, 3.8) is 0 Å². The predicted octanol–water partition coefficient (Wildman–Crippen LogP) is 4.04. The summed E-state index contributed by atoms with van der Waals surface area (Å²) in [4.78, 5) is 17.4. The van der Waals surface area contributed by atoms with Gasteiger partial charge in [0.25, 0.3) is 0 Å². The minimum atomic E-state index is -0.00469. The van der Waals surface area contributed by atoms with E-state index in [1.807, 2.05) is 65.3 Å². The van der Waals surface area contributed by atoms with Crippen LogP contribution in [-0.4, -0.2) is 71.4 Å². The summed E-state index contributed by atoms with van der Waals surface area (Å²) in [6, 6.07) is 19.5. The van der Waals surface area contributed by atoms with Crippen molar-refractivity contribution in [3.05, 3.63) is 71.4 Å². The lowest BCUT2D eigenvalue weighted by atomic mass is 10.3. The SMILES string of the molecule is O=C(CN1CCN(CCOc2ccccc2Cl)CC1)Nc1cc(C2CC2)nn1-c1ccccc1. The van der Waals surface area contributed by atoms with Crippen LogP contribution >= 0.6 is 11.6 Å². The summed E-state index contributed by atoms with van der Waals surface area (Å²) in [6.07, 6.45) is 2.35. The zero-order valence-corrected chi connectivity index (χ0v) is 20.0. The number of hydrogen-bond donors (Lipinski definition) is 1. The molecule has 0 spiro atoms. The maximum atomic E-state index is 12.9. The molecule has 2 aromatic carbocycles. The summed E-state index contributed by atoms with van der Waals surface area (Å²) < 4.78 is 7.66. The molecule has 2 fully saturated rings. The fourth-order valence-electron chi connectivity index (χ4n) is 4.24. The highest BCUT2D eigenvalue weighted by molar-refractivity contribution is 6.32. The first-order valence-electron chi connectivity index (χ1n) is 11.9. The molecule has 0 radical (unpaired) electrons. The zero-order valence-electron chi connectivity index (χ0n) is 19.2. The van der Waals surface area contributed by atoms with Gasteiger partial charge in [-0.3, -0.25) is 14.6 Å². The molecule has 1 saturated heterocycles. The van der Waals surface area contributed by atoms with Crippen molar-refractivity contribution in [1.29, 1.82) is 0 Å². The number of halogens is 1. The molecule has 1 aliphatic carbocycles. The average Bonchev–Trinajstić information content (AvgIpc) is 3.62. The molecule has 178 valence electrons. The van der Waals surface area contributed by atoms with Crippen molar-refractivity contribution in [1.82, 2.24) is 19.6 Å². The summed E-state index contributed by atoms with van der Waals surface area (Å²) in [5, 5.41) is 8.51. The number of carbonyl (C=O) groups is 1. The number of para-hydroxylation sites is 2. The van der Waals surface area contributed by atoms with E-state index < -0.39 is 0 Å². The molecule has 0 bridgehead atoms. The predicted molar refractivity (Wildman–Crippen MR) is 134 cm³/mol. The van der Waals surface area contributed by atoms with Crippen LogP contribution in [-0.2, 0) is 4.79 Å². The van der Waals surface area contributed by atoms with E-state index in [1.54, 1.807) is 0 Å². The highest BCUT2D eigenvalue weighted by Gasteiger charge is 2.28. The number of hydrogen-bond acceptors (Lipinski definition) is 5. The highest BCUT2D eigenvalue weighted by Crippen LogP contribution is 2.40. The molecule has 2 aliphatic rings. The maximum absolute atomic E-state index is 12.9. The van der Waals surface area contributed by atoms with Crippen LogP contribution in [0.15, 0.2) is 60.7 Å². The summed E-state index contributed by atoms with van der Waals surface area (Å²) >= 11 is 6.15. The van der Waals surface area contributed by atoms with Crippen LogP contribution in [0.2, 0.25) is 5.02 Å². The first-order valence-corrected chi connectivity index (χ1v) is 12.3. The molecule has 1 aromatic heterocycles. The van der Waals surface area contributed by atoms with Crippen LogP contribution < -0.4 is 10.1 Å². The number of carbonyl (C=O) groups excluding carboxylic acids is 1. The lowest BCUT2D eigenvalue weighted by Crippen LogP contribution is -2.49. The van der Waals surface area contributed by atoms with Crippen LogP contribution in [0, 0.1) is 0 Å². The van der Waals surface area contributed by atoms with Crippen molar-refractivity contribution in [2.75, 3.05) is 51.2 Å². The number of nitrogens with one attached hydrogen (secondary N) is 1. The lowest BCUT2D eigenvalue weighted by molar-refractivity contribution is -0.117. The normalized spacial score (nSPS) is 17.0. The van der Waals surface area contributed by atoms with E-state index in [9.17, 15) is 4.79 Å². The third-order valence-corrected chi connectivity index (χ3v) is 6.64. The van der Waals surface area contributed by atoms with Crippen molar-refractivity contribution in [2.24, 2.45) is 0 Å². The second-order valence-electron chi connectivity index (χ2n) is 8.92. The van der Waals surface area contributed by atoms with Crippen LogP contribution in [0.4, 0.5) is 5.82 Å². The second kappa shape index (κ2) is 10.6. The molecule has 1 amide bonds. The van der Waals surface area contributed by atoms with E-state index in [0.717, 1.165) is 55.7 Å². The molecular formula is C26H30ClN5O2. The number of ether oxygens (including phenoxy) is 1. The Morgan fingerprint density at radius 3 is 2.44 bits per heavy atom. The van der Waals surface area contributed by atoms with E-state index in [2.05, 4.69) is 15.1 Å². The number of piperazine rings is 1. The summed E-state index contributed by atoms with van der Waals surface area (Å²) in [6.45, 7) is 5.33. The molecule has 34 heavy (non-hydrogen) atoms. The second-order valence-corrected chi connectivity index (χ2v) is 9.33. The van der Waals surface area contributed by atoms with E-state index >= 15 is 0 Å². The van der Waals surface area contributed by atoms with Gasteiger partial charge in [-0.2, -0.15) is 5.10 Å². The van der Waals surface area contributed by atoms with Crippen LogP contribution in [0.1, 0.15) is 24.5 Å². The number of aromatic nitrogens is 2. The monoisotopic (exact) mass is 479 g/mol. The van der Waals surface area contributed by atoms with Gasteiger partial charge in [0.2, 0.25) is 5.91 Å². The Hall–Kier alpha value is -2.87. The Morgan fingerprint density at radius 2 is 1.71 bits per heavy atom. The quantitative estimate of drug-likeness (QED) is 0.502. The number of anilines is 1. The van der Waals surface area contributed by atoms with Crippen LogP contribution in [0.5, 0.6) is 5.75 Å². The van der Waals surface area contributed by atoms with Gasteiger partial charge in [0.15, 0.2) is 0 Å². The maximum Gasteiger partial charge on any atom is 0.239 e. The molecular weight excluding hydrogens is 450 g/mol. The molecule has 1 saturated carbocycles. The smallest absolute Gasteiger partial charge is 0.239 e. The van der Waals surface area contributed by atoms with Crippen LogP contribution in [0.3, 0.4) is 0 Å². The number of rotatable bonds is 9. The Labute approximate surface area is 205 Å². The van der Waals surface area contributed by atoms with Gasteiger partial charge < -0.3 is 10.1 Å². The van der Waals surface area contributed by atoms with Crippen molar-refractivity contribution >= 4 is 23.3 Å². The van der Waals surface area contributed by atoms with Gasteiger partial charge in [-0.05, 0) is 37.1 Å². The first-order chi connectivity index (χ1) is 16.7. The van der Waals surface area contributed by atoms with E-state index in [4.69, 9.17) is 21.4 Å². The van der Waals surface area contributed by atoms with Gasteiger partial charge >= 0.3 is 0 Å². The van der Waals surface area contributed by atoms with Gasteiger partial charge in [0.1, 0.15) is 18.2 Å². The molecule has 0 unspecified atom stereocenters. The molecule has 8 heteroatoms. The topological polar surface area (TPSA) is 62.6 Å². The van der Waals surface area contributed by atoms with Gasteiger partial charge in [-0.15, -0.1) is 0 Å². The van der Waals surface area contributed by atoms with E-state index in [-0.39, 0.29) is 5.91 Å². The molecule has 0 atom stereocenters. The fourth-order valence-corrected chi connectivity index (χ4v) is 4.43. The highest BCUT2D eigenvalue weighted by atomic mass is 35.5. The largest absolute Gasteiger partial charge is 0.491 e. The van der Waals surface area contributed by atoms with Gasteiger partial charge in [-0.25, -0.2) is 4.68 Å². The zero-order chi connectivity index (χ0) is 23.3. The Balaban J connectivity index is 1.10. The first kappa shape index (κ1) is 22.9. The number of nitrogens with zero attached hydrogens (tertiary/aromatic N) is 4. The van der Waals surface area contributed by atoms with E-state index in [0.29, 0.717) is 24.1 Å².